The van der Waals surface area contributed by atoms with E-state index in [4.69, 9.17) is 22.1 Å². The van der Waals surface area contributed by atoms with Gasteiger partial charge in [0.25, 0.3) is 0 Å². The highest BCUT2D eigenvalue weighted by atomic mass is 35.5. The highest BCUT2D eigenvalue weighted by molar-refractivity contribution is 6.21. The largest absolute Gasteiger partial charge is 0.397 e. The molecule has 0 aliphatic carbocycles. The molecule has 1 fully saturated rings. The molecule has 0 spiro atoms. The Morgan fingerprint density at radius 1 is 1.40 bits per heavy atom. The number of hydrogen-bond donors (Lipinski definition) is 2. The van der Waals surface area contributed by atoms with E-state index in [2.05, 4.69) is 5.32 Å². The summed E-state index contributed by atoms with van der Waals surface area (Å²) >= 11 is 6.16. The molecule has 82 valence electrons. The van der Waals surface area contributed by atoms with E-state index in [1.54, 1.807) is 0 Å². The molecule has 1 aromatic rings. The Kier molecular flexibility index (Phi) is 3.34. The average Bonchev–Trinajstić information content (AvgIpc) is 2.24. The zero-order valence-corrected chi connectivity index (χ0v) is 9.20. The smallest absolute Gasteiger partial charge is 0.0771 e. The standard InChI is InChI=1S/C11H15ClN2O/c12-8-7-15-6-5-10(8)14-11-4-2-1-3-9(11)13/h1-4,8,10,14H,5-7,13H2. The third kappa shape index (κ3) is 2.55. The van der Waals surface area contributed by atoms with Crippen molar-refractivity contribution in [2.45, 2.75) is 17.8 Å². The Bertz CT molecular complexity index is 332. The number of para-hydroxylation sites is 2. The number of alkyl halides is 1. The van der Waals surface area contributed by atoms with E-state index in [1.165, 1.54) is 0 Å². The van der Waals surface area contributed by atoms with Gasteiger partial charge in [0, 0.05) is 12.6 Å². The van der Waals surface area contributed by atoms with Gasteiger partial charge in [-0.15, -0.1) is 11.6 Å². The molecule has 2 rings (SSSR count). The van der Waals surface area contributed by atoms with Crippen LogP contribution in [0.1, 0.15) is 6.42 Å². The van der Waals surface area contributed by atoms with Crippen LogP contribution in [0.25, 0.3) is 0 Å². The fourth-order valence-electron chi connectivity index (χ4n) is 1.69. The summed E-state index contributed by atoms with van der Waals surface area (Å²) < 4.78 is 5.28. The highest BCUT2D eigenvalue weighted by Crippen LogP contribution is 2.23. The second-order valence-corrected chi connectivity index (χ2v) is 4.28. The van der Waals surface area contributed by atoms with Crippen LogP contribution in [0.3, 0.4) is 0 Å². The third-order valence-corrected chi connectivity index (χ3v) is 3.02. The zero-order valence-electron chi connectivity index (χ0n) is 8.45. The van der Waals surface area contributed by atoms with E-state index < -0.39 is 0 Å². The number of nitrogens with two attached hydrogens (primary N) is 1. The van der Waals surface area contributed by atoms with Crippen molar-refractivity contribution in [2.75, 3.05) is 24.3 Å². The molecule has 0 bridgehead atoms. The molecule has 2 unspecified atom stereocenters. The van der Waals surface area contributed by atoms with E-state index in [1.807, 2.05) is 24.3 Å². The van der Waals surface area contributed by atoms with Crippen LogP contribution in [-0.4, -0.2) is 24.6 Å². The van der Waals surface area contributed by atoms with Gasteiger partial charge in [-0.2, -0.15) is 0 Å². The van der Waals surface area contributed by atoms with E-state index in [-0.39, 0.29) is 11.4 Å². The van der Waals surface area contributed by atoms with Gasteiger partial charge < -0.3 is 15.8 Å². The van der Waals surface area contributed by atoms with Gasteiger partial charge in [-0.3, -0.25) is 0 Å². The Morgan fingerprint density at radius 3 is 2.93 bits per heavy atom. The number of halogens is 1. The number of nitrogens with one attached hydrogen (secondary N) is 1. The van der Waals surface area contributed by atoms with E-state index >= 15 is 0 Å². The SMILES string of the molecule is Nc1ccccc1NC1CCOCC1Cl. The molecular weight excluding hydrogens is 212 g/mol. The van der Waals surface area contributed by atoms with Crippen LogP contribution < -0.4 is 11.1 Å². The maximum atomic E-state index is 6.16. The minimum absolute atomic E-state index is 0.0124. The summed E-state index contributed by atoms with van der Waals surface area (Å²) in [5.41, 5.74) is 7.56. The van der Waals surface area contributed by atoms with Crippen molar-refractivity contribution in [2.24, 2.45) is 0 Å². The lowest BCUT2D eigenvalue weighted by Gasteiger charge is -2.29. The van der Waals surface area contributed by atoms with Crippen molar-refractivity contribution in [1.82, 2.24) is 0 Å². The molecular formula is C11H15ClN2O. The summed E-state index contributed by atoms with van der Waals surface area (Å²) in [5, 5.41) is 3.37. The molecule has 1 aliphatic heterocycles. The van der Waals surface area contributed by atoms with Crippen LogP contribution in [0, 0.1) is 0 Å². The molecule has 0 radical (unpaired) electrons. The molecule has 15 heavy (non-hydrogen) atoms. The molecule has 2 atom stereocenters. The first-order valence-corrected chi connectivity index (χ1v) is 5.54. The Labute approximate surface area is 94.6 Å². The van der Waals surface area contributed by atoms with Crippen LogP contribution in [0.15, 0.2) is 24.3 Å². The van der Waals surface area contributed by atoms with Gasteiger partial charge in [0.2, 0.25) is 0 Å². The number of hydrogen-bond acceptors (Lipinski definition) is 3. The van der Waals surface area contributed by atoms with Gasteiger partial charge in [0.05, 0.1) is 23.4 Å². The summed E-state index contributed by atoms with van der Waals surface area (Å²) in [6, 6.07) is 7.97. The minimum atomic E-state index is 0.0124. The van der Waals surface area contributed by atoms with Crippen molar-refractivity contribution in [3.63, 3.8) is 0 Å². The number of rotatable bonds is 2. The minimum Gasteiger partial charge on any atom is -0.397 e. The molecule has 0 saturated carbocycles. The second kappa shape index (κ2) is 4.73. The van der Waals surface area contributed by atoms with Crippen LogP contribution in [0.4, 0.5) is 11.4 Å². The Hall–Kier alpha value is -0.930. The predicted molar refractivity (Wildman–Crippen MR) is 63.3 cm³/mol. The van der Waals surface area contributed by atoms with Crippen molar-refractivity contribution in [3.8, 4) is 0 Å². The lowest BCUT2D eigenvalue weighted by atomic mass is 10.1. The maximum Gasteiger partial charge on any atom is 0.0771 e. The number of benzene rings is 1. The molecule has 1 aromatic carbocycles. The van der Waals surface area contributed by atoms with Gasteiger partial charge in [-0.25, -0.2) is 0 Å². The average molecular weight is 227 g/mol. The molecule has 3 N–H and O–H groups in total. The summed E-state index contributed by atoms with van der Waals surface area (Å²) in [6.45, 7) is 1.36. The molecule has 1 saturated heterocycles. The van der Waals surface area contributed by atoms with Crippen LogP contribution in [0.2, 0.25) is 0 Å². The van der Waals surface area contributed by atoms with Crippen LogP contribution in [-0.2, 0) is 4.74 Å². The summed E-state index contributed by atoms with van der Waals surface area (Å²) in [7, 11) is 0. The highest BCUT2D eigenvalue weighted by Gasteiger charge is 2.23. The molecule has 0 aromatic heterocycles. The number of anilines is 2. The lowest BCUT2D eigenvalue weighted by molar-refractivity contribution is 0.0935. The Morgan fingerprint density at radius 2 is 2.20 bits per heavy atom. The lowest BCUT2D eigenvalue weighted by Crippen LogP contribution is -2.38. The van der Waals surface area contributed by atoms with Gasteiger partial charge in [-0.1, -0.05) is 12.1 Å². The van der Waals surface area contributed by atoms with Crippen LogP contribution >= 0.6 is 11.6 Å². The maximum absolute atomic E-state index is 6.16. The zero-order chi connectivity index (χ0) is 10.7. The second-order valence-electron chi connectivity index (χ2n) is 3.72. The van der Waals surface area contributed by atoms with Gasteiger partial charge in [0.15, 0.2) is 0 Å². The van der Waals surface area contributed by atoms with E-state index in [0.29, 0.717) is 6.61 Å². The van der Waals surface area contributed by atoms with Crippen LogP contribution in [0.5, 0.6) is 0 Å². The molecule has 1 heterocycles. The molecule has 4 heteroatoms. The summed E-state index contributed by atoms with van der Waals surface area (Å²) in [4.78, 5) is 0. The van der Waals surface area contributed by atoms with Crippen molar-refractivity contribution in [1.29, 1.82) is 0 Å². The normalized spacial score (nSPS) is 26.2. The van der Waals surface area contributed by atoms with Gasteiger partial charge >= 0.3 is 0 Å². The number of nitrogen functional groups attached to an aromatic ring is 1. The first kappa shape index (κ1) is 10.6. The predicted octanol–water partition coefficient (Wildman–Crippen LogP) is 2.08. The summed E-state index contributed by atoms with van der Waals surface area (Å²) in [5.74, 6) is 0. The summed E-state index contributed by atoms with van der Waals surface area (Å²) in [6.07, 6.45) is 0.919. The van der Waals surface area contributed by atoms with E-state index in [0.717, 1.165) is 24.4 Å². The molecule has 1 aliphatic rings. The molecule has 0 amide bonds. The fraction of sp³-hybridized carbons (Fsp3) is 0.455. The Balaban J connectivity index is 2.04. The third-order valence-electron chi connectivity index (χ3n) is 2.59. The molecule has 3 nitrogen and oxygen atoms in total. The monoisotopic (exact) mass is 226 g/mol. The quantitative estimate of drug-likeness (QED) is 0.600. The van der Waals surface area contributed by atoms with Gasteiger partial charge in [-0.05, 0) is 18.6 Å². The first-order valence-electron chi connectivity index (χ1n) is 5.10. The number of ether oxygens (including phenoxy) is 1. The van der Waals surface area contributed by atoms with Crippen molar-refractivity contribution < 1.29 is 4.74 Å². The van der Waals surface area contributed by atoms with Gasteiger partial charge in [0.1, 0.15) is 0 Å². The van der Waals surface area contributed by atoms with Crippen molar-refractivity contribution in [3.05, 3.63) is 24.3 Å². The van der Waals surface area contributed by atoms with Crippen molar-refractivity contribution >= 4 is 23.0 Å². The fourth-order valence-corrected chi connectivity index (χ4v) is 1.97. The van der Waals surface area contributed by atoms with E-state index in [9.17, 15) is 0 Å². The first-order chi connectivity index (χ1) is 7.27. The topological polar surface area (TPSA) is 47.3 Å².